The van der Waals surface area contributed by atoms with Crippen LogP contribution in [0.4, 0.5) is 0 Å². The van der Waals surface area contributed by atoms with Gasteiger partial charge < -0.3 is 30.3 Å². The smallest absolute Gasteiger partial charge is 0 e. The summed E-state index contributed by atoms with van der Waals surface area (Å²) in [5.74, 6) is 0. The largest absolute Gasteiger partial charge is 0.748 e. The van der Waals surface area contributed by atoms with Crippen molar-refractivity contribution >= 4 is 58.1 Å². The second-order valence-electron chi connectivity index (χ2n) is 2.55. The van der Waals surface area contributed by atoms with E-state index < -0.39 is 0 Å². The van der Waals surface area contributed by atoms with Crippen LogP contribution in [0.3, 0.4) is 0 Å². The zero-order chi connectivity index (χ0) is 10.6. The van der Waals surface area contributed by atoms with E-state index in [9.17, 15) is 0 Å². The van der Waals surface area contributed by atoms with Gasteiger partial charge in [-0.2, -0.15) is 18.2 Å². The van der Waals surface area contributed by atoms with Gasteiger partial charge in [-0.05, 0) is 0 Å². The third-order valence-electron chi connectivity index (χ3n) is 1.42. The topological polar surface area (TPSA) is 0 Å². The van der Waals surface area contributed by atoms with Gasteiger partial charge in [-0.3, -0.25) is 0 Å². The van der Waals surface area contributed by atoms with Gasteiger partial charge in [-0.15, -0.1) is 0 Å². The predicted molar refractivity (Wildman–Crippen MR) is 79.8 cm³/mol. The van der Waals surface area contributed by atoms with Crippen LogP contribution < -0.4 is 0 Å². The molecule has 0 bridgehead atoms. The van der Waals surface area contributed by atoms with Crippen LogP contribution in [-0.4, -0.2) is 58.1 Å². The average molecular weight is 702 g/mol. The second kappa shape index (κ2) is 18.9. The Balaban J connectivity index is 0. The molecule has 0 amide bonds. The summed E-state index contributed by atoms with van der Waals surface area (Å²) >= 11 is 5.00. The normalized spacial score (nSPS) is 18.8. The van der Waals surface area contributed by atoms with Gasteiger partial charge in [0.25, 0.3) is 0 Å². The van der Waals surface area contributed by atoms with E-state index >= 15 is 0 Å². The van der Waals surface area contributed by atoms with Crippen LogP contribution in [0.2, 0.25) is 0 Å². The molecule has 0 radical (unpaired) electrons. The van der Waals surface area contributed by atoms with Crippen LogP contribution in [-0.2, 0) is 42.1 Å². The summed E-state index contributed by atoms with van der Waals surface area (Å²) in [4.78, 5) is 0. The molecule has 17 heavy (non-hydrogen) atoms. The van der Waals surface area contributed by atoms with Gasteiger partial charge in [0.05, 0.1) is 0 Å². The fourth-order valence-electron chi connectivity index (χ4n) is 0.798. The minimum absolute atomic E-state index is 0. The first-order chi connectivity index (χ1) is 7.50. The maximum atomic E-state index is 2.00. The molecule has 0 N–H and O–H groups in total. The van der Waals surface area contributed by atoms with Crippen molar-refractivity contribution in [2.24, 2.45) is 0 Å². The van der Waals surface area contributed by atoms with E-state index in [0.29, 0.717) is 0 Å². The molecule has 0 saturated carbocycles. The van der Waals surface area contributed by atoms with Gasteiger partial charge in [0.1, 0.15) is 0 Å². The maximum Gasteiger partial charge on any atom is 0 e. The molecular formula is C10H15As5Mo2-6. The zero-order valence-electron chi connectivity index (χ0n) is 9.09. The summed E-state index contributed by atoms with van der Waals surface area (Å²) in [6, 6.07) is 20.0. The number of rotatable bonds is 0. The van der Waals surface area contributed by atoms with Gasteiger partial charge >= 0.3 is 58.1 Å². The molecule has 7 heteroatoms. The Morgan fingerprint density at radius 2 is 0.824 bits per heavy atom. The number of hydrogen-bond donors (Lipinski definition) is 0. The Hall–Kier alpha value is 2.87. The van der Waals surface area contributed by atoms with Crippen LogP contribution in [0.5, 0.6) is 0 Å². The Bertz CT molecular complexity index is 213. The van der Waals surface area contributed by atoms with Crippen LogP contribution in [0.15, 0.2) is 60.7 Å². The SMILES string of the molecule is [AsH]1[AsH][AsH][AsH][AsH]1.[Mo].[Mo].[cH-]1[cH-][cH-][cH-][cH-]1.c1cc[cH-]c1. The van der Waals surface area contributed by atoms with E-state index in [0.717, 1.165) is 58.1 Å². The zero-order valence-corrected chi connectivity index (χ0v) is 23.6. The maximum absolute atomic E-state index is 2.00. The van der Waals surface area contributed by atoms with E-state index in [-0.39, 0.29) is 42.1 Å². The predicted octanol–water partition coefficient (Wildman–Crippen LogP) is -0.437. The fraction of sp³-hybridized carbons (Fsp3) is 0. The van der Waals surface area contributed by atoms with Gasteiger partial charge in [-0.1, -0.05) is 0 Å². The summed E-state index contributed by atoms with van der Waals surface area (Å²) in [7, 11) is 0. The molecule has 0 spiro atoms. The van der Waals surface area contributed by atoms with Crippen LogP contribution >= 0.6 is 0 Å². The van der Waals surface area contributed by atoms with Crippen molar-refractivity contribution in [3.63, 3.8) is 0 Å². The first-order valence-electron chi connectivity index (χ1n) is 4.58. The molecule has 1 saturated heterocycles. The first kappa shape index (κ1) is 22.2. The Morgan fingerprint density at radius 3 is 1.00 bits per heavy atom. The third kappa shape index (κ3) is 16.8. The van der Waals surface area contributed by atoms with Crippen molar-refractivity contribution in [3.05, 3.63) is 60.7 Å². The molecule has 1 aliphatic rings. The Labute approximate surface area is 158 Å². The van der Waals surface area contributed by atoms with Crippen molar-refractivity contribution in [3.8, 4) is 0 Å². The van der Waals surface area contributed by atoms with E-state index in [2.05, 4.69) is 0 Å². The molecule has 0 atom stereocenters. The minimum atomic E-state index is 0. The Kier molecular flexibility index (Phi) is 24.6. The average Bonchev–Trinajstić information content (AvgIpc) is 3.09. The minimum Gasteiger partial charge on any atom is -0.748 e. The van der Waals surface area contributed by atoms with Crippen molar-refractivity contribution in [2.45, 2.75) is 0 Å². The van der Waals surface area contributed by atoms with Crippen molar-refractivity contribution in [1.29, 1.82) is 0 Å². The van der Waals surface area contributed by atoms with Gasteiger partial charge in [0.15, 0.2) is 0 Å². The van der Waals surface area contributed by atoms with E-state index in [1.165, 1.54) is 0 Å². The summed E-state index contributed by atoms with van der Waals surface area (Å²) in [5, 5.41) is 0. The molecule has 0 aromatic heterocycles. The van der Waals surface area contributed by atoms with Crippen LogP contribution in [0.25, 0.3) is 0 Å². The molecule has 1 aliphatic heterocycles. The van der Waals surface area contributed by atoms with E-state index in [1.807, 2.05) is 60.7 Å². The van der Waals surface area contributed by atoms with Crippen LogP contribution in [0.1, 0.15) is 0 Å². The van der Waals surface area contributed by atoms with E-state index in [4.69, 9.17) is 0 Å². The molecule has 1 heterocycles. The molecule has 2 aromatic rings. The van der Waals surface area contributed by atoms with Gasteiger partial charge in [0.2, 0.25) is 0 Å². The number of hydrogen-bond acceptors (Lipinski definition) is 0. The van der Waals surface area contributed by atoms with Crippen LogP contribution in [0, 0.1) is 0 Å². The molecule has 0 unspecified atom stereocenters. The molecule has 2 aromatic carbocycles. The van der Waals surface area contributed by atoms with Crippen molar-refractivity contribution in [2.75, 3.05) is 0 Å². The molecule has 1 fully saturated rings. The monoisotopic (exact) mass is 706 g/mol. The van der Waals surface area contributed by atoms with Gasteiger partial charge in [-0.25, -0.2) is 12.1 Å². The fourth-order valence-corrected chi connectivity index (χ4v) is 593. The second-order valence-corrected chi connectivity index (χ2v) is 89.6. The molecule has 0 aliphatic carbocycles. The summed E-state index contributed by atoms with van der Waals surface area (Å²) < 4.78 is 0. The summed E-state index contributed by atoms with van der Waals surface area (Å²) in [5.41, 5.74) is 0. The Morgan fingerprint density at radius 1 is 0.529 bits per heavy atom. The van der Waals surface area contributed by atoms with Crippen molar-refractivity contribution < 1.29 is 42.1 Å². The summed E-state index contributed by atoms with van der Waals surface area (Å²) in [6.45, 7) is 0. The van der Waals surface area contributed by atoms with Gasteiger partial charge in [0, 0.05) is 42.1 Å². The summed E-state index contributed by atoms with van der Waals surface area (Å²) in [6.07, 6.45) is 0. The molecular weight excluding hydrogens is 687 g/mol. The van der Waals surface area contributed by atoms with Crippen molar-refractivity contribution in [1.82, 2.24) is 0 Å². The first-order valence-corrected chi connectivity index (χ1v) is 37.1. The molecule has 3 rings (SSSR count). The quantitative estimate of drug-likeness (QED) is 0.259. The molecule has 0 nitrogen and oxygen atoms in total. The molecule has 98 valence electrons. The standard InChI is InChI=1S/2C5H5.As5H5.2Mo/c3*1-2-4-5-3-1;;/h3*1-5H;;/q-5;-1;;;. The third-order valence-corrected chi connectivity index (χ3v) is 229. The van der Waals surface area contributed by atoms with E-state index in [1.54, 1.807) is 0 Å².